The number of Topliss-reactive ketones (excluding diaryl/α,β-unsaturated/α-hetero) is 1. The standard InChI is InChI=1S/C29H30FN3O4S2/c1-17-27(39-16-31-17)19-9-6-18(7-10-19)8-11-26(35)24-12-20(34)13-32(24)29(37)25(15-38-2)33-14-22-21(28(33)36)4-3-5-23(22)30/h3-7,9-10,16,20,24-25,34H,8,11-15H2,1-2H3/t20-,24+,25+/m1/s1. The lowest BCUT2D eigenvalue weighted by atomic mass is 10.00. The zero-order valence-electron chi connectivity index (χ0n) is 21.8. The van der Waals surface area contributed by atoms with E-state index in [0.29, 0.717) is 12.2 Å². The number of aliphatic hydroxyl groups is 1. The monoisotopic (exact) mass is 567 g/mol. The van der Waals surface area contributed by atoms with E-state index in [-0.39, 0.29) is 48.7 Å². The van der Waals surface area contributed by atoms with Crippen molar-refractivity contribution in [3.63, 3.8) is 0 Å². The van der Waals surface area contributed by atoms with E-state index in [2.05, 4.69) is 4.98 Å². The Morgan fingerprint density at radius 1 is 1.23 bits per heavy atom. The number of hydrogen-bond acceptors (Lipinski definition) is 7. The molecular formula is C29H30FN3O4S2. The number of halogens is 1. The van der Waals surface area contributed by atoms with Gasteiger partial charge in [-0.15, -0.1) is 11.3 Å². The molecule has 0 unspecified atom stereocenters. The van der Waals surface area contributed by atoms with Crippen molar-refractivity contribution in [2.45, 2.75) is 50.9 Å². The number of amides is 2. The van der Waals surface area contributed by atoms with Gasteiger partial charge in [-0.25, -0.2) is 9.37 Å². The van der Waals surface area contributed by atoms with E-state index >= 15 is 0 Å². The number of thioether (sulfide) groups is 1. The Labute approximate surface area is 235 Å². The zero-order valence-corrected chi connectivity index (χ0v) is 23.4. The molecule has 3 heterocycles. The summed E-state index contributed by atoms with van der Waals surface area (Å²) in [7, 11) is 0. The predicted octanol–water partition coefficient (Wildman–Crippen LogP) is 4.11. The Hall–Kier alpha value is -3.08. The quantitative estimate of drug-likeness (QED) is 0.419. The van der Waals surface area contributed by atoms with Crippen molar-refractivity contribution in [2.24, 2.45) is 0 Å². The second-order valence-electron chi connectivity index (χ2n) is 10.00. The minimum atomic E-state index is -0.859. The fourth-order valence-corrected chi connectivity index (χ4v) is 6.86. The van der Waals surface area contributed by atoms with Crippen molar-refractivity contribution in [1.82, 2.24) is 14.8 Å². The van der Waals surface area contributed by atoms with Gasteiger partial charge in [-0.2, -0.15) is 11.8 Å². The van der Waals surface area contributed by atoms with Gasteiger partial charge in [0.1, 0.15) is 11.9 Å². The molecule has 0 saturated carbocycles. The molecular weight excluding hydrogens is 537 g/mol. The highest BCUT2D eigenvalue weighted by Crippen LogP contribution is 2.31. The molecule has 0 spiro atoms. The molecule has 1 N–H and O–H groups in total. The van der Waals surface area contributed by atoms with Gasteiger partial charge < -0.3 is 14.9 Å². The maximum absolute atomic E-state index is 14.4. The molecule has 1 saturated heterocycles. The second kappa shape index (κ2) is 11.6. The summed E-state index contributed by atoms with van der Waals surface area (Å²) in [5.74, 6) is -1.06. The van der Waals surface area contributed by atoms with Crippen molar-refractivity contribution in [3.8, 4) is 10.4 Å². The Morgan fingerprint density at radius 3 is 2.67 bits per heavy atom. The van der Waals surface area contributed by atoms with E-state index < -0.39 is 29.9 Å². The molecule has 3 atom stereocenters. The zero-order chi connectivity index (χ0) is 27.7. The minimum Gasteiger partial charge on any atom is -0.391 e. The van der Waals surface area contributed by atoms with Gasteiger partial charge >= 0.3 is 0 Å². The largest absolute Gasteiger partial charge is 0.391 e. The van der Waals surface area contributed by atoms with Crippen LogP contribution in [0.25, 0.3) is 10.4 Å². The highest BCUT2D eigenvalue weighted by Gasteiger charge is 2.44. The highest BCUT2D eigenvalue weighted by molar-refractivity contribution is 7.98. The first-order valence-electron chi connectivity index (χ1n) is 12.9. The van der Waals surface area contributed by atoms with Crippen LogP contribution >= 0.6 is 23.1 Å². The van der Waals surface area contributed by atoms with Crippen molar-refractivity contribution < 1.29 is 23.9 Å². The number of nitrogens with zero attached hydrogens (tertiary/aromatic N) is 3. The predicted molar refractivity (Wildman–Crippen MR) is 150 cm³/mol. The molecule has 5 rings (SSSR count). The van der Waals surface area contributed by atoms with Gasteiger partial charge in [0.2, 0.25) is 5.91 Å². The van der Waals surface area contributed by atoms with Gasteiger partial charge in [0.25, 0.3) is 5.91 Å². The lowest BCUT2D eigenvalue weighted by Gasteiger charge is -2.32. The lowest BCUT2D eigenvalue weighted by molar-refractivity contribution is -0.141. The topological polar surface area (TPSA) is 90.8 Å². The van der Waals surface area contributed by atoms with Crippen LogP contribution in [0.4, 0.5) is 4.39 Å². The number of rotatable bonds is 9. The summed E-state index contributed by atoms with van der Waals surface area (Å²) in [4.78, 5) is 48.4. The molecule has 7 nitrogen and oxygen atoms in total. The molecule has 2 aliphatic rings. The van der Waals surface area contributed by atoms with Gasteiger partial charge in [0.05, 0.1) is 34.8 Å². The Balaban J connectivity index is 1.27. The van der Waals surface area contributed by atoms with Gasteiger partial charge in [-0.05, 0) is 42.9 Å². The van der Waals surface area contributed by atoms with Gasteiger partial charge in [0, 0.05) is 36.3 Å². The number of ketones is 1. The van der Waals surface area contributed by atoms with E-state index in [0.717, 1.165) is 21.7 Å². The normalized spacial score (nSPS) is 19.4. The maximum Gasteiger partial charge on any atom is 0.255 e. The first kappa shape index (κ1) is 27.5. The Kier molecular flexibility index (Phi) is 8.16. The Morgan fingerprint density at radius 2 is 2.00 bits per heavy atom. The summed E-state index contributed by atoms with van der Waals surface area (Å²) >= 11 is 2.99. The molecule has 204 valence electrons. The summed E-state index contributed by atoms with van der Waals surface area (Å²) in [6.07, 6.45) is 1.93. The van der Waals surface area contributed by atoms with E-state index in [1.54, 1.807) is 17.4 Å². The summed E-state index contributed by atoms with van der Waals surface area (Å²) < 4.78 is 14.4. The number of aromatic nitrogens is 1. The SMILES string of the molecule is CSC[C@@H](C(=O)N1C[C@H](O)C[C@H]1C(=O)CCc1ccc(-c2scnc2C)cc1)N1Cc2c(F)cccc2C1=O. The fraction of sp³-hybridized carbons (Fsp3) is 0.379. The molecule has 1 aromatic heterocycles. The summed E-state index contributed by atoms with van der Waals surface area (Å²) in [5.41, 5.74) is 5.44. The van der Waals surface area contributed by atoms with Crippen LogP contribution in [0.1, 0.15) is 40.0 Å². The minimum absolute atomic E-state index is 0.00384. The van der Waals surface area contributed by atoms with Crippen molar-refractivity contribution >= 4 is 40.7 Å². The number of aliphatic hydroxyl groups excluding tert-OH is 1. The number of thiazole rings is 1. The third-order valence-corrected chi connectivity index (χ3v) is 9.11. The Bertz CT molecular complexity index is 1390. The second-order valence-corrected chi connectivity index (χ2v) is 11.8. The van der Waals surface area contributed by atoms with Crippen LogP contribution in [0.3, 0.4) is 0 Å². The molecule has 0 radical (unpaired) electrons. The molecule has 3 aromatic rings. The van der Waals surface area contributed by atoms with Gasteiger partial charge in [-0.1, -0.05) is 30.3 Å². The fourth-order valence-electron chi connectivity index (χ4n) is 5.41. The molecule has 0 bridgehead atoms. The number of fused-ring (bicyclic) bond motifs is 1. The number of likely N-dealkylation sites (tertiary alicyclic amines) is 1. The highest BCUT2D eigenvalue weighted by atomic mass is 32.2. The number of hydrogen-bond donors (Lipinski definition) is 1. The van der Waals surface area contributed by atoms with Crippen LogP contribution in [0.15, 0.2) is 48.0 Å². The number of carbonyl (C=O) groups is 3. The van der Waals surface area contributed by atoms with E-state index in [4.69, 9.17) is 0 Å². The van der Waals surface area contributed by atoms with Crippen LogP contribution in [-0.4, -0.2) is 74.2 Å². The molecule has 10 heteroatoms. The van der Waals surface area contributed by atoms with E-state index in [1.807, 2.05) is 43.0 Å². The van der Waals surface area contributed by atoms with Gasteiger partial charge in [0.15, 0.2) is 5.78 Å². The average molecular weight is 568 g/mol. The smallest absolute Gasteiger partial charge is 0.255 e. The number of aryl methyl sites for hydroxylation is 2. The molecule has 39 heavy (non-hydrogen) atoms. The molecule has 1 fully saturated rings. The van der Waals surface area contributed by atoms with Crippen molar-refractivity contribution in [3.05, 3.63) is 76.2 Å². The third kappa shape index (κ3) is 5.50. The molecule has 0 aliphatic carbocycles. The number of carbonyl (C=O) groups excluding carboxylic acids is 3. The third-order valence-electron chi connectivity index (χ3n) is 7.48. The van der Waals surface area contributed by atoms with Gasteiger partial charge in [-0.3, -0.25) is 14.4 Å². The summed E-state index contributed by atoms with van der Waals surface area (Å²) in [6.45, 7) is 2.01. The average Bonchev–Trinajstić information content (AvgIpc) is 3.63. The van der Waals surface area contributed by atoms with Crippen LogP contribution in [0.2, 0.25) is 0 Å². The molecule has 2 aliphatic heterocycles. The van der Waals surface area contributed by atoms with Crippen LogP contribution < -0.4 is 0 Å². The summed E-state index contributed by atoms with van der Waals surface area (Å²) in [6, 6.07) is 10.8. The van der Waals surface area contributed by atoms with E-state index in [1.165, 1.54) is 33.7 Å². The van der Waals surface area contributed by atoms with Crippen LogP contribution in [-0.2, 0) is 22.6 Å². The molecule has 2 amide bonds. The lowest BCUT2D eigenvalue weighted by Crippen LogP contribution is -2.53. The molecule has 2 aromatic carbocycles. The van der Waals surface area contributed by atoms with Crippen LogP contribution in [0, 0.1) is 12.7 Å². The van der Waals surface area contributed by atoms with Crippen molar-refractivity contribution in [2.75, 3.05) is 18.6 Å². The summed E-state index contributed by atoms with van der Waals surface area (Å²) in [5, 5.41) is 10.4. The van der Waals surface area contributed by atoms with Crippen molar-refractivity contribution in [1.29, 1.82) is 0 Å². The maximum atomic E-state index is 14.4. The first-order valence-corrected chi connectivity index (χ1v) is 15.1. The van der Waals surface area contributed by atoms with E-state index in [9.17, 15) is 23.9 Å². The first-order chi connectivity index (χ1) is 18.8. The number of β-amino-alcohol motifs (C(OH)–C–C–N with tert-alkyl or cyclic N) is 1. The number of benzene rings is 2. The van der Waals surface area contributed by atoms with Crippen LogP contribution in [0.5, 0.6) is 0 Å².